The Bertz CT molecular complexity index is 857. The van der Waals surface area contributed by atoms with Crippen molar-refractivity contribution in [3.63, 3.8) is 0 Å². The van der Waals surface area contributed by atoms with Crippen LogP contribution in [0.4, 0.5) is 4.39 Å². The molecule has 1 N–H and O–H groups in total. The van der Waals surface area contributed by atoms with Crippen molar-refractivity contribution in [2.24, 2.45) is 7.05 Å². The number of ether oxygens (including phenoxy) is 2. The summed E-state index contributed by atoms with van der Waals surface area (Å²) >= 11 is 0. The molecule has 0 bridgehead atoms. The van der Waals surface area contributed by atoms with Gasteiger partial charge in [0.2, 0.25) is 0 Å². The van der Waals surface area contributed by atoms with Crippen LogP contribution in [0.15, 0.2) is 54.9 Å². The molecule has 0 radical (unpaired) electrons. The number of aromatic nitrogens is 2. The lowest BCUT2D eigenvalue weighted by atomic mass is 10.0. The van der Waals surface area contributed by atoms with Crippen molar-refractivity contribution in [1.82, 2.24) is 14.9 Å². The van der Waals surface area contributed by atoms with E-state index in [4.69, 9.17) is 9.47 Å². The molecule has 0 fully saturated rings. The number of nitrogens with zero attached hydrogens (tertiary/aromatic N) is 2. The van der Waals surface area contributed by atoms with Crippen molar-refractivity contribution in [2.75, 3.05) is 14.2 Å². The Kier molecular flexibility index (Phi) is 5.53. The molecule has 0 saturated heterocycles. The van der Waals surface area contributed by atoms with Crippen LogP contribution in [0, 0.1) is 5.82 Å². The summed E-state index contributed by atoms with van der Waals surface area (Å²) in [5, 5.41) is 3.40. The summed E-state index contributed by atoms with van der Waals surface area (Å²) in [6, 6.07) is 12.2. The van der Waals surface area contributed by atoms with Gasteiger partial charge >= 0.3 is 0 Å². The first-order valence-corrected chi connectivity index (χ1v) is 8.29. The molecule has 0 aliphatic rings. The van der Waals surface area contributed by atoms with Crippen LogP contribution in [0.2, 0.25) is 0 Å². The fraction of sp³-hybridized carbons (Fsp3) is 0.250. The van der Waals surface area contributed by atoms with Crippen molar-refractivity contribution in [3.8, 4) is 11.5 Å². The largest absolute Gasteiger partial charge is 0.497 e. The quantitative estimate of drug-likeness (QED) is 0.705. The summed E-state index contributed by atoms with van der Waals surface area (Å²) in [5.41, 5.74) is 1.52. The van der Waals surface area contributed by atoms with E-state index in [2.05, 4.69) is 10.3 Å². The predicted molar refractivity (Wildman–Crippen MR) is 97.8 cm³/mol. The summed E-state index contributed by atoms with van der Waals surface area (Å²) in [5.74, 6) is 1.95. The molecule has 3 aromatic rings. The van der Waals surface area contributed by atoms with Crippen molar-refractivity contribution in [3.05, 3.63) is 77.6 Å². The SMILES string of the molecule is COc1cc(OC)cc(C(NCc2ccccc2F)c2nccn2C)c1. The number of halogens is 1. The molecule has 1 atom stereocenters. The summed E-state index contributed by atoms with van der Waals surface area (Å²) in [4.78, 5) is 4.46. The monoisotopic (exact) mass is 355 g/mol. The Morgan fingerprint density at radius 3 is 2.38 bits per heavy atom. The molecule has 26 heavy (non-hydrogen) atoms. The fourth-order valence-electron chi connectivity index (χ4n) is 2.86. The van der Waals surface area contributed by atoms with E-state index in [9.17, 15) is 4.39 Å². The molecular formula is C20H22FN3O2. The normalized spacial score (nSPS) is 12.0. The van der Waals surface area contributed by atoms with Gasteiger partial charge < -0.3 is 14.0 Å². The number of methoxy groups -OCH3 is 2. The number of aryl methyl sites for hydroxylation is 1. The van der Waals surface area contributed by atoms with Gasteiger partial charge in [-0.2, -0.15) is 0 Å². The Labute approximate surface area is 152 Å². The number of imidazole rings is 1. The number of nitrogens with one attached hydrogen (secondary N) is 1. The molecule has 6 heteroatoms. The Morgan fingerprint density at radius 2 is 1.81 bits per heavy atom. The van der Waals surface area contributed by atoms with Crippen molar-refractivity contribution in [1.29, 1.82) is 0 Å². The Balaban J connectivity index is 1.97. The first kappa shape index (κ1) is 17.9. The minimum atomic E-state index is -0.251. The van der Waals surface area contributed by atoms with E-state index in [0.717, 1.165) is 11.4 Å². The maximum Gasteiger partial charge on any atom is 0.130 e. The van der Waals surface area contributed by atoms with Crippen LogP contribution in [-0.4, -0.2) is 23.8 Å². The maximum absolute atomic E-state index is 14.0. The standard InChI is InChI=1S/C20H22FN3O2/c1-24-9-8-22-20(24)19(23-13-14-6-4-5-7-18(14)21)15-10-16(25-2)12-17(11-15)26-3/h4-12,19,23H,13H2,1-3H3. The van der Waals surface area contributed by atoms with Gasteiger partial charge in [0.1, 0.15) is 23.1 Å². The van der Waals surface area contributed by atoms with Crippen LogP contribution in [-0.2, 0) is 13.6 Å². The zero-order valence-corrected chi connectivity index (χ0v) is 15.1. The van der Waals surface area contributed by atoms with E-state index in [1.807, 2.05) is 42.1 Å². The van der Waals surface area contributed by atoms with E-state index in [1.165, 1.54) is 6.07 Å². The van der Waals surface area contributed by atoms with Crippen molar-refractivity contribution >= 4 is 0 Å². The smallest absolute Gasteiger partial charge is 0.130 e. The Hall–Kier alpha value is -2.86. The van der Waals surface area contributed by atoms with Gasteiger partial charge in [-0.05, 0) is 23.8 Å². The number of rotatable bonds is 7. The van der Waals surface area contributed by atoms with Crippen LogP contribution < -0.4 is 14.8 Å². The molecular weight excluding hydrogens is 333 g/mol. The van der Waals surface area contributed by atoms with Gasteiger partial charge in [0.15, 0.2) is 0 Å². The number of hydrogen-bond donors (Lipinski definition) is 1. The highest BCUT2D eigenvalue weighted by Gasteiger charge is 2.20. The molecule has 136 valence electrons. The fourth-order valence-corrected chi connectivity index (χ4v) is 2.86. The van der Waals surface area contributed by atoms with E-state index < -0.39 is 0 Å². The van der Waals surface area contributed by atoms with Gasteiger partial charge in [-0.3, -0.25) is 5.32 Å². The number of hydrogen-bond acceptors (Lipinski definition) is 4. The molecule has 1 aromatic heterocycles. The van der Waals surface area contributed by atoms with E-state index >= 15 is 0 Å². The third kappa shape index (κ3) is 3.86. The minimum Gasteiger partial charge on any atom is -0.497 e. The topological polar surface area (TPSA) is 48.3 Å². The van der Waals surface area contributed by atoms with Gasteiger partial charge in [-0.25, -0.2) is 9.37 Å². The lowest BCUT2D eigenvalue weighted by Crippen LogP contribution is -2.25. The highest BCUT2D eigenvalue weighted by molar-refractivity contribution is 5.41. The zero-order chi connectivity index (χ0) is 18.5. The second-order valence-electron chi connectivity index (χ2n) is 5.95. The molecule has 1 unspecified atom stereocenters. The third-order valence-corrected chi connectivity index (χ3v) is 4.28. The van der Waals surface area contributed by atoms with Crippen LogP contribution in [0.3, 0.4) is 0 Å². The molecule has 0 aliphatic carbocycles. The van der Waals surface area contributed by atoms with E-state index in [-0.39, 0.29) is 11.9 Å². The van der Waals surface area contributed by atoms with Gasteiger partial charge in [0, 0.05) is 37.6 Å². The maximum atomic E-state index is 14.0. The van der Waals surface area contributed by atoms with Gasteiger partial charge in [-0.15, -0.1) is 0 Å². The summed E-state index contributed by atoms with van der Waals surface area (Å²) < 4.78 is 26.7. The molecule has 0 saturated carbocycles. The highest BCUT2D eigenvalue weighted by Crippen LogP contribution is 2.29. The Morgan fingerprint density at radius 1 is 1.12 bits per heavy atom. The van der Waals surface area contributed by atoms with E-state index in [1.54, 1.807) is 32.5 Å². The average molecular weight is 355 g/mol. The predicted octanol–water partition coefficient (Wildman–Crippen LogP) is 3.46. The van der Waals surface area contributed by atoms with Crippen molar-refractivity contribution in [2.45, 2.75) is 12.6 Å². The van der Waals surface area contributed by atoms with Gasteiger partial charge in [-0.1, -0.05) is 18.2 Å². The third-order valence-electron chi connectivity index (χ3n) is 4.28. The van der Waals surface area contributed by atoms with Crippen LogP contribution in [0.25, 0.3) is 0 Å². The summed E-state index contributed by atoms with van der Waals surface area (Å²) in [7, 11) is 5.15. The summed E-state index contributed by atoms with van der Waals surface area (Å²) in [6.07, 6.45) is 3.62. The van der Waals surface area contributed by atoms with E-state index in [0.29, 0.717) is 23.6 Å². The zero-order valence-electron chi connectivity index (χ0n) is 15.1. The molecule has 5 nitrogen and oxygen atoms in total. The lowest BCUT2D eigenvalue weighted by Gasteiger charge is -2.21. The number of benzene rings is 2. The molecule has 1 heterocycles. The van der Waals surface area contributed by atoms with Crippen molar-refractivity contribution < 1.29 is 13.9 Å². The first-order valence-electron chi connectivity index (χ1n) is 8.29. The van der Waals surface area contributed by atoms with Gasteiger partial charge in [0.25, 0.3) is 0 Å². The molecule has 3 rings (SSSR count). The lowest BCUT2D eigenvalue weighted by molar-refractivity contribution is 0.392. The minimum absolute atomic E-state index is 0.234. The van der Waals surface area contributed by atoms with Crippen LogP contribution in [0.1, 0.15) is 23.0 Å². The average Bonchev–Trinajstić information content (AvgIpc) is 3.08. The van der Waals surface area contributed by atoms with Crippen LogP contribution >= 0.6 is 0 Å². The second-order valence-corrected chi connectivity index (χ2v) is 5.95. The van der Waals surface area contributed by atoms with Gasteiger partial charge in [0.05, 0.1) is 20.3 Å². The first-order chi connectivity index (χ1) is 12.6. The summed E-state index contributed by atoms with van der Waals surface area (Å²) in [6.45, 7) is 0.365. The van der Waals surface area contributed by atoms with Crippen LogP contribution in [0.5, 0.6) is 11.5 Å². The highest BCUT2D eigenvalue weighted by atomic mass is 19.1. The molecule has 2 aromatic carbocycles. The molecule has 0 amide bonds. The second kappa shape index (κ2) is 8.01. The molecule has 0 aliphatic heterocycles. The molecule has 0 spiro atoms.